The van der Waals surface area contributed by atoms with Crippen molar-refractivity contribution < 1.29 is 0 Å². The minimum atomic E-state index is 0.440. The van der Waals surface area contributed by atoms with Crippen LogP contribution in [0.4, 0.5) is 0 Å². The van der Waals surface area contributed by atoms with Gasteiger partial charge in [0, 0.05) is 38.2 Å². The van der Waals surface area contributed by atoms with Crippen molar-refractivity contribution >= 4 is 43.6 Å². The van der Waals surface area contributed by atoms with Crippen LogP contribution < -0.4 is 0 Å². The molecule has 0 fully saturated rings. The molecule has 0 amide bonds. The molecule has 0 radical (unpaired) electrons. The summed E-state index contributed by atoms with van der Waals surface area (Å²) < 4.78 is 4.65. The maximum Gasteiger partial charge on any atom is 0.166 e. The summed E-state index contributed by atoms with van der Waals surface area (Å²) in [5, 5.41) is 34.4. The van der Waals surface area contributed by atoms with Crippen LogP contribution in [0, 0.1) is 34.0 Å². The van der Waals surface area contributed by atoms with Gasteiger partial charge in [-0.3, -0.25) is 0 Å². The highest BCUT2D eigenvalue weighted by atomic mass is 15.1. The van der Waals surface area contributed by atoms with Crippen LogP contribution >= 0.6 is 0 Å². The van der Waals surface area contributed by atoms with E-state index in [-0.39, 0.29) is 0 Å². The summed E-state index contributed by atoms with van der Waals surface area (Å²) in [5.74, 6) is 1.32. The van der Waals surface area contributed by atoms with Gasteiger partial charge in [0.2, 0.25) is 0 Å². The number of aromatic nitrogens is 5. The second-order valence-corrected chi connectivity index (χ2v) is 21.3. The van der Waals surface area contributed by atoms with E-state index >= 15 is 0 Å². The Labute approximate surface area is 495 Å². The normalized spacial score (nSPS) is 11.2. The molecular weight excluding hydrogens is 1050 g/mol. The summed E-state index contributed by atoms with van der Waals surface area (Å²) in [6.07, 6.45) is 0. The van der Waals surface area contributed by atoms with Crippen LogP contribution in [0.2, 0.25) is 0 Å². The lowest BCUT2D eigenvalue weighted by molar-refractivity contribution is 1.06. The number of nitrogens with zero attached hydrogens (tertiary/aromatic N) is 8. The molecule has 3 heterocycles. The Hall–Kier alpha value is -12.3. The van der Waals surface area contributed by atoms with E-state index in [9.17, 15) is 15.8 Å². The molecule has 15 aromatic rings. The van der Waals surface area contributed by atoms with E-state index in [4.69, 9.17) is 15.0 Å². The lowest BCUT2D eigenvalue weighted by Gasteiger charge is -2.18. The maximum atomic E-state index is 10.3. The molecule has 0 atom stereocenters. The molecule has 398 valence electrons. The number of rotatable bonds is 10. The van der Waals surface area contributed by atoms with Gasteiger partial charge in [-0.05, 0) is 153 Å². The van der Waals surface area contributed by atoms with Gasteiger partial charge in [-0.25, -0.2) is 15.0 Å². The van der Waals surface area contributed by atoms with Gasteiger partial charge in [0.25, 0.3) is 0 Å². The van der Waals surface area contributed by atoms with Crippen molar-refractivity contribution in [1.29, 1.82) is 15.8 Å². The minimum absolute atomic E-state index is 0.440. The van der Waals surface area contributed by atoms with E-state index in [1.165, 1.54) is 0 Å². The average molecular weight is 1100 g/mol. The van der Waals surface area contributed by atoms with Crippen LogP contribution in [-0.4, -0.2) is 24.1 Å². The predicted octanol–water partition coefficient (Wildman–Crippen LogP) is 19.0. The second kappa shape index (κ2) is 21.2. The van der Waals surface area contributed by atoms with E-state index in [0.717, 1.165) is 127 Å². The summed E-state index contributed by atoms with van der Waals surface area (Å²) in [4.78, 5) is 16.7. The fourth-order valence-electron chi connectivity index (χ4n) is 12.1. The lowest BCUT2D eigenvalue weighted by Crippen LogP contribution is -2.06. The van der Waals surface area contributed by atoms with Crippen LogP contribution in [0.3, 0.4) is 0 Å². The molecule has 0 bridgehead atoms. The van der Waals surface area contributed by atoms with Gasteiger partial charge in [0.15, 0.2) is 17.5 Å². The number of benzene rings is 12. The van der Waals surface area contributed by atoms with Crippen LogP contribution in [0.5, 0.6) is 0 Å². The molecule has 0 spiro atoms. The van der Waals surface area contributed by atoms with Gasteiger partial charge < -0.3 is 9.13 Å². The molecule has 8 nitrogen and oxygen atoms in total. The van der Waals surface area contributed by atoms with Crippen LogP contribution in [0.15, 0.2) is 279 Å². The third-order valence-corrected chi connectivity index (χ3v) is 16.3. The van der Waals surface area contributed by atoms with Crippen molar-refractivity contribution in [2.75, 3.05) is 0 Å². The minimum Gasteiger partial charge on any atom is -0.308 e. The number of nitriles is 3. The van der Waals surface area contributed by atoms with Crippen molar-refractivity contribution in [3.05, 3.63) is 296 Å². The van der Waals surface area contributed by atoms with Crippen LogP contribution in [0.25, 0.3) is 145 Å². The molecule has 0 N–H and O–H groups in total. The van der Waals surface area contributed by atoms with Gasteiger partial charge >= 0.3 is 0 Å². The van der Waals surface area contributed by atoms with Gasteiger partial charge in [-0.15, -0.1) is 0 Å². The average Bonchev–Trinajstić information content (AvgIpc) is 2.34. The molecule has 0 unspecified atom stereocenters. The monoisotopic (exact) mass is 1090 g/mol. The van der Waals surface area contributed by atoms with Crippen molar-refractivity contribution in [1.82, 2.24) is 24.1 Å². The van der Waals surface area contributed by atoms with Crippen molar-refractivity contribution in [2.24, 2.45) is 0 Å². The highest BCUT2D eigenvalue weighted by molar-refractivity contribution is 6.12. The molecule has 0 saturated heterocycles. The SMILES string of the molecule is N#Cc1ccc(-c2ccc(-c3nc(-c4cccc(-c5ccccc5C#N)c4)nc(-c4ccc(-c5ccc(C#N)cc5)cc4-n4c5ccccc5c5cc(-c6ccccc6)ccc54)n3)c(-n3c4ccccc4c4cc(-c5ccccc5)ccc43)c2)cc1. The third kappa shape index (κ3) is 8.90. The highest BCUT2D eigenvalue weighted by Gasteiger charge is 2.24. The molecule has 0 aliphatic rings. The molecule has 0 saturated carbocycles. The predicted molar refractivity (Wildman–Crippen MR) is 346 cm³/mol. The molecule has 0 aliphatic carbocycles. The highest BCUT2D eigenvalue weighted by Crippen LogP contribution is 2.43. The zero-order valence-corrected chi connectivity index (χ0v) is 46.1. The van der Waals surface area contributed by atoms with Gasteiger partial charge in [-0.1, -0.05) is 182 Å². The Morgan fingerprint density at radius 1 is 0.244 bits per heavy atom. The topological polar surface area (TPSA) is 120 Å². The lowest BCUT2D eigenvalue weighted by atomic mass is 9.98. The first-order valence-electron chi connectivity index (χ1n) is 28.3. The Bertz CT molecular complexity index is 5030. The fourth-order valence-corrected chi connectivity index (χ4v) is 12.1. The van der Waals surface area contributed by atoms with Gasteiger partial charge in [-0.2, -0.15) is 15.8 Å². The Morgan fingerprint density at radius 3 is 1.13 bits per heavy atom. The number of hydrogen-bond donors (Lipinski definition) is 0. The molecular formula is C78H46N8. The van der Waals surface area contributed by atoms with Crippen LogP contribution in [0.1, 0.15) is 16.7 Å². The van der Waals surface area contributed by atoms with E-state index in [1.54, 1.807) is 0 Å². The van der Waals surface area contributed by atoms with Crippen molar-refractivity contribution in [3.63, 3.8) is 0 Å². The van der Waals surface area contributed by atoms with Gasteiger partial charge in [0.1, 0.15) is 0 Å². The first-order chi connectivity index (χ1) is 42.5. The fraction of sp³-hybridized carbons (Fsp3) is 0. The van der Waals surface area contributed by atoms with E-state index in [1.807, 2.05) is 103 Å². The molecule has 86 heavy (non-hydrogen) atoms. The third-order valence-electron chi connectivity index (χ3n) is 16.3. The smallest absolute Gasteiger partial charge is 0.166 e. The molecule has 15 rings (SSSR count). The first-order valence-corrected chi connectivity index (χ1v) is 28.3. The van der Waals surface area contributed by atoms with E-state index in [2.05, 4.69) is 203 Å². The summed E-state index contributed by atoms with van der Waals surface area (Å²) in [5.41, 5.74) is 19.6. The first kappa shape index (κ1) is 50.7. The second-order valence-electron chi connectivity index (χ2n) is 21.3. The summed E-state index contributed by atoms with van der Waals surface area (Å²) in [6.45, 7) is 0. The largest absolute Gasteiger partial charge is 0.308 e. The summed E-state index contributed by atoms with van der Waals surface area (Å²) in [6, 6.07) is 102. The van der Waals surface area contributed by atoms with Crippen molar-refractivity contribution in [2.45, 2.75) is 0 Å². The number of para-hydroxylation sites is 2. The maximum absolute atomic E-state index is 10.3. The molecule has 12 aromatic carbocycles. The standard InChI is InChI=1S/C78H46N8/c79-47-50-26-30-54(31-27-50)58-34-38-66(74(45-58)85-70-24-11-9-22-64(70)68-43-56(36-40-72(68)85)52-14-3-1-4-15-52)77-82-76(61-20-13-19-60(42-61)63-21-8-7-18-62(63)49-81)83-78(84-77)67-39-35-59(55-32-28-51(48-80)29-33-55)46-75(67)86-71-25-12-10-23-65(71)69-44-57(37-41-73(69)86)53-16-5-2-6-17-53/h1-46H. The Morgan fingerprint density at radius 2 is 0.628 bits per heavy atom. The molecule has 0 aliphatic heterocycles. The molecule has 3 aromatic heterocycles. The quantitative estimate of drug-likeness (QED) is 0.135. The van der Waals surface area contributed by atoms with Gasteiger partial charge in [0.05, 0.1) is 68.3 Å². The number of fused-ring (bicyclic) bond motifs is 6. The zero-order valence-electron chi connectivity index (χ0n) is 46.1. The number of hydrogen-bond acceptors (Lipinski definition) is 6. The summed E-state index contributed by atoms with van der Waals surface area (Å²) in [7, 11) is 0. The molecule has 8 heteroatoms. The zero-order chi connectivity index (χ0) is 57.7. The van der Waals surface area contributed by atoms with Crippen LogP contribution in [-0.2, 0) is 0 Å². The Balaban J connectivity index is 1.02. The summed E-state index contributed by atoms with van der Waals surface area (Å²) >= 11 is 0. The van der Waals surface area contributed by atoms with Crippen molar-refractivity contribution in [3.8, 4) is 119 Å². The Kier molecular flexibility index (Phi) is 12.5. The van der Waals surface area contributed by atoms with E-state index < -0.39 is 0 Å². The van der Waals surface area contributed by atoms with E-state index in [0.29, 0.717) is 34.2 Å².